The second kappa shape index (κ2) is 5.76. The summed E-state index contributed by atoms with van der Waals surface area (Å²) in [4.78, 5) is 16.8. The van der Waals surface area contributed by atoms with E-state index in [1.807, 2.05) is 54.6 Å². The molecule has 0 aliphatic heterocycles. The van der Waals surface area contributed by atoms with Gasteiger partial charge in [0.15, 0.2) is 11.4 Å². The smallest absolute Gasteiger partial charge is 0.201 e. The van der Waals surface area contributed by atoms with E-state index in [9.17, 15) is 4.79 Å². The molecule has 0 atom stereocenters. The van der Waals surface area contributed by atoms with Crippen molar-refractivity contribution >= 4 is 16.9 Å². The number of benzene rings is 2. The largest absolute Gasteiger partial charge is 0.440 e. The van der Waals surface area contributed by atoms with E-state index >= 15 is 0 Å². The maximum Gasteiger partial charge on any atom is 0.201 e. The number of oxazole rings is 1. The number of Topliss-reactive ketones (excluding diaryl/α,β-unsaturated/α-hetero) is 1. The normalized spacial score (nSPS) is 11.7. The molecule has 0 saturated heterocycles. The van der Waals surface area contributed by atoms with E-state index in [0.717, 1.165) is 16.7 Å². The number of ketones is 1. The second-order valence-electron chi connectivity index (χ2n) is 6.16. The van der Waals surface area contributed by atoms with Gasteiger partial charge in [-0.3, -0.25) is 4.79 Å². The summed E-state index contributed by atoms with van der Waals surface area (Å²) in [6, 6.07) is 17.1. The first-order chi connectivity index (χ1) is 10.6. The average molecular weight is 293 g/mol. The highest BCUT2D eigenvalue weighted by molar-refractivity contribution is 5.96. The number of fused-ring (bicyclic) bond motifs is 1. The molecule has 1 heterocycles. The van der Waals surface area contributed by atoms with Gasteiger partial charge in [0.2, 0.25) is 5.89 Å². The molecular weight excluding hydrogens is 274 g/mol. The number of carbonyl (C=O) groups is 1. The molecule has 2 aromatic carbocycles. The third-order valence-electron chi connectivity index (χ3n) is 3.95. The van der Waals surface area contributed by atoms with E-state index in [-0.39, 0.29) is 11.2 Å². The monoisotopic (exact) mass is 293 g/mol. The zero-order valence-electron chi connectivity index (χ0n) is 12.9. The van der Waals surface area contributed by atoms with E-state index in [1.54, 1.807) is 0 Å². The molecule has 1 aromatic heterocycles. The van der Waals surface area contributed by atoms with Gasteiger partial charge in [0.05, 0.1) is 0 Å². The van der Waals surface area contributed by atoms with Crippen molar-refractivity contribution in [2.24, 2.45) is 0 Å². The Kier molecular flexibility index (Phi) is 3.80. The summed E-state index contributed by atoms with van der Waals surface area (Å²) in [6.45, 7) is 4.13. The SMILES string of the molecule is CC(C)(CCC(=O)c1ccccc1)c1nc2ccccc2o1. The van der Waals surface area contributed by atoms with Crippen LogP contribution in [0.4, 0.5) is 0 Å². The summed E-state index contributed by atoms with van der Waals surface area (Å²) in [6.07, 6.45) is 1.18. The van der Waals surface area contributed by atoms with E-state index in [1.165, 1.54) is 0 Å². The van der Waals surface area contributed by atoms with Gasteiger partial charge in [-0.25, -0.2) is 4.98 Å². The molecule has 3 aromatic rings. The van der Waals surface area contributed by atoms with Crippen LogP contribution in [0.1, 0.15) is 42.9 Å². The van der Waals surface area contributed by atoms with Gasteiger partial charge in [0.25, 0.3) is 0 Å². The lowest BCUT2D eigenvalue weighted by molar-refractivity contribution is 0.0970. The van der Waals surface area contributed by atoms with Crippen LogP contribution in [0.5, 0.6) is 0 Å². The molecule has 3 nitrogen and oxygen atoms in total. The molecule has 0 spiro atoms. The Balaban J connectivity index is 1.74. The van der Waals surface area contributed by atoms with Crippen LogP contribution in [-0.2, 0) is 5.41 Å². The molecule has 112 valence electrons. The third-order valence-corrected chi connectivity index (χ3v) is 3.95. The van der Waals surface area contributed by atoms with Crippen LogP contribution in [-0.4, -0.2) is 10.8 Å². The van der Waals surface area contributed by atoms with Crippen LogP contribution in [0, 0.1) is 0 Å². The van der Waals surface area contributed by atoms with Crippen LogP contribution in [0.25, 0.3) is 11.1 Å². The highest BCUT2D eigenvalue weighted by Gasteiger charge is 2.27. The highest BCUT2D eigenvalue weighted by Crippen LogP contribution is 2.30. The fraction of sp³-hybridized carbons (Fsp3) is 0.263. The number of hydrogen-bond acceptors (Lipinski definition) is 3. The lowest BCUT2D eigenvalue weighted by Crippen LogP contribution is -2.19. The Morgan fingerprint density at radius 1 is 1.05 bits per heavy atom. The van der Waals surface area contributed by atoms with Crippen molar-refractivity contribution in [2.75, 3.05) is 0 Å². The first-order valence-corrected chi connectivity index (χ1v) is 7.50. The fourth-order valence-electron chi connectivity index (χ4n) is 2.46. The molecule has 0 fully saturated rings. The predicted octanol–water partition coefficient (Wildman–Crippen LogP) is 4.77. The molecule has 0 N–H and O–H groups in total. The molecule has 0 unspecified atom stereocenters. The Labute approximate surface area is 130 Å². The number of aromatic nitrogens is 1. The number of nitrogens with zero attached hydrogens (tertiary/aromatic N) is 1. The van der Waals surface area contributed by atoms with Gasteiger partial charge in [-0.2, -0.15) is 0 Å². The standard InChI is InChI=1S/C19H19NO2/c1-19(2,13-12-16(21)14-8-4-3-5-9-14)18-20-15-10-6-7-11-17(15)22-18/h3-11H,12-13H2,1-2H3. The van der Waals surface area contributed by atoms with Crippen molar-refractivity contribution in [3.8, 4) is 0 Å². The lowest BCUT2D eigenvalue weighted by atomic mass is 9.86. The molecule has 3 heteroatoms. The highest BCUT2D eigenvalue weighted by atomic mass is 16.3. The van der Waals surface area contributed by atoms with Gasteiger partial charge < -0.3 is 4.42 Å². The molecule has 0 bridgehead atoms. The van der Waals surface area contributed by atoms with Crippen molar-refractivity contribution < 1.29 is 9.21 Å². The number of carbonyl (C=O) groups excluding carboxylic acids is 1. The Bertz CT molecular complexity index is 754. The van der Waals surface area contributed by atoms with E-state index in [0.29, 0.717) is 18.7 Å². The molecule has 0 aliphatic rings. The average Bonchev–Trinajstić information content (AvgIpc) is 2.98. The quantitative estimate of drug-likeness (QED) is 0.636. The molecule has 0 saturated carbocycles. The van der Waals surface area contributed by atoms with Crippen molar-refractivity contribution in [3.63, 3.8) is 0 Å². The second-order valence-corrected chi connectivity index (χ2v) is 6.16. The van der Waals surface area contributed by atoms with Gasteiger partial charge >= 0.3 is 0 Å². The van der Waals surface area contributed by atoms with Crippen LogP contribution >= 0.6 is 0 Å². The maximum absolute atomic E-state index is 12.2. The summed E-state index contributed by atoms with van der Waals surface area (Å²) in [7, 11) is 0. The maximum atomic E-state index is 12.2. The van der Waals surface area contributed by atoms with E-state index in [4.69, 9.17) is 4.42 Å². The van der Waals surface area contributed by atoms with Gasteiger partial charge in [0, 0.05) is 17.4 Å². The number of rotatable bonds is 5. The Morgan fingerprint density at radius 2 is 1.73 bits per heavy atom. The van der Waals surface area contributed by atoms with Crippen molar-refractivity contribution in [2.45, 2.75) is 32.1 Å². The zero-order chi connectivity index (χ0) is 15.6. The minimum Gasteiger partial charge on any atom is -0.440 e. The van der Waals surface area contributed by atoms with Crippen LogP contribution in [0.2, 0.25) is 0 Å². The van der Waals surface area contributed by atoms with Crippen LogP contribution in [0.15, 0.2) is 59.0 Å². The molecule has 0 amide bonds. The fourth-order valence-corrected chi connectivity index (χ4v) is 2.46. The van der Waals surface area contributed by atoms with Gasteiger partial charge in [-0.15, -0.1) is 0 Å². The molecular formula is C19H19NO2. The predicted molar refractivity (Wildman–Crippen MR) is 87.0 cm³/mol. The molecule has 0 aliphatic carbocycles. The van der Waals surface area contributed by atoms with Gasteiger partial charge in [0.1, 0.15) is 5.52 Å². The third kappa shape index (κ3) is 2.93. The van der Waals surface area contributed by atoms with Gasteiger partial charge in [-0.05, 0) is 18.6 Å². The molecule has 0 radical (unpaired) electrons. The summed E-state index contributed by atoms with van der Waals surface area (Å²) in [5.74, 6) is 0.847. The number of para-hydroxylation sites is 2. The van der Waals surface area contributed by atoms with Crippen molar-refractivity contribution in [1.29, 1.82) is 0 Å². The summed E-state index contributed by atoms with van der Waals surface area (Å²) < 4.78 is 5.85. The van der Waals surface area contributed by atoms with Crippen LogP contribution < -0.4 is 0 Å². The summed E-state index contributed by atoms with van der Waals surface area (Å²) >= 11 is 0. The van der Waals surface area contributed by atoms with Crippen molar-refractivity contribution in [1.82, 2.24) is 4.98 Å². The minimum absolute atomic E-state index is 0.157. The Morgan fingerprint density at radius 3 is 2.45 bits per heavy atom. The van der Waals surface area contributed by atoms with E-state index in [2.05, 4.69) is 18.8 Å². The first-order valence-electron chi connectivity index (χ1n) is 7.50. The van der Waals surface area contributed by atoms with Gasteiger partial charge in [-0.1, -0.05) is 56.3 Å². The lowest BCUT2D eigenvalue weighted by Gasteiger charge is -2.19. The molecule has 3 rings (SSSR count). The molecule has 22 heavy (non-hydrogen) atoms. The Hall–Kier alpha value is -2.42. The van der Waals surface area contributed by atoms with E-state index < -0.39 is 0 Å². The van der Waals surface area contributed by atoms with Crippen molar-refractivity contribution in [3.05, 3.63) is 66.1 Å². The summed E-state index contributed by atoms with van der Waals surface area (Å²) in [5.41, 5.74) is 2.14. The summed E-state index contributed by atoms with van der Waals surface area (Å²) in [5, 5.41) is 0. The zero-order valence-corrected chi connectivity index (χ0v) is 12.9. The topological polar surface area (TPSA) is 43.1 Å². The minimum atomic E-state index is -0.274. The van der Waals surface area contributed by atoms with Crippen LogP contribution in [0.3, 0.4) is 0 Å². The number of hydrogen-bond donors (Lipinski definition) is 0. The first kappa shape index (κ1) is 14.5.